The van der Waals surface area contributed by atoms with Gasteiger partial charge < -0.3 is 5.32 Å². The Bertz CT molecular complexity index is 554. The number of hydrogen-bond acceptors (Lipinski definition) is 1. The Kier molecular flexibility index (Phi) is 4.40. The number of nitrogens with one attached hydrogen (secondary N) is 1. The Labute approximate surface area is 128 Å². The average Bonchev–Trinajstić information content (AvgIpc) is 2.49. The molecule has 1 fully saturated rings. The maximum absolute atomic E-state index is 3.49. The van der Waals surface area contributed by atoms with Gasteiger partial charge in [-0.1, -0.05) is 67.9 Å². The quantitative estimate of drug-likeness (QED) is 0.810. The summed E-state index contributed by atoms with van der Waals surface area (Å²) in [6.45, 7) is 2.30. The van der Waals surface area contributed by atoms with Gasteiger partial charge in [0, 0.05) is 12.0 Å². The van der Waals surface area contributed by atoms with E-state index in [9.17, 15) is 0 Å². The van der Waals surface area contributed by atoms with Crippen molar-refractivity contribution < 1.29 is 0 Å². The molecular formula is C20H25N. The molecule has 0 radical (unpaired) electrons. The first kappa shape index (κ1) is 14.3. The third kappa shape index (κ3) is 3.03. The maximum Gasteiger partial charge on any atom is 0.0384 e. The van der Waals surface area contributed by atoms with Crippen LogP contribution in [-0.2, 0) is 0 Å². The van der Waals surface area contributed by atoms with Gasteiger partial charge in [-0.25, -0.2) is 0 Å². The molecule has 0 spiro atoms. The predicted molar refractivity (Wildman–Crippen MR) is 89.7 cm³/mol. The van der Waals surface area contributed by atoms with Crippen LogP contribution in [0, 0.1) is 0 Å². The summed E-state index contributed by atoms with van der Waals surface area (Å²) in [6, 6.07) is 20.4. The molecule has 1 heteroatoms. The van der Waals surface area contributed by atoms with Crippen molar-refractivity contribution in [3.63, 3.8) is 0 Å². The first-order chi connectivity index (χ1) is 10.3. The van der Waals surface area contributed by atoms with Gasteiger partial charge in [0.15, 0.2) is 0 Å². The fourth-order valence-electron chi connectivity index (χ4n) is 3.37. The summed E-state index contributed by atoms with van der Waals surface area (Å²) in [7, 11) is 2.06. The highest BCUT2D eigenvalue weighted by molar-refractivity contribution is 5.31. The highest BCUT2D eigenvalue weighted by atomic mass is 14.9. The molecule has 2 atom stereocenters. The van der Waals surface area contributed by atoms with E-state index in [0.29, 0.717) is 12.0 Å². The van der Waals surface area contributed by atoms with Crippen molar-refractivity contribution in [2.75, 3.05) is 7.05 Å². The van der Waals surface area contributed by atoms with Gasteiger partial charge >= 0.3 is 0 Å². The normalized spacial score (nSPS) is 18.0. The van der Waals surface area contributed by atoms with Gasteiger partial charge in [-0.15, -0.1) is 0 Å². The summed E-state index contributed by atoms with van der Waals surface area (Å²) in [5, 5.41) is 3.49. The minimum Gasteiger partial charge on any atom is -0.312 e. The van der Waals surface area contributed by atoms with Crippen LogP contribution in [0.15, 0.2) is 54.6 Å². The van der Waals surface area contributed by atoms with E-state index in [4.69, 9.17) is 0 Å². The van der Waals surface area contributed by atoms with Crippen molar-refractivity contribution in [3.05, 3.63) is 71.3 Å². The van der Waals surface area contributed by atoms with Crippen LogP contribution < -0.4 is 5.32 Å². The molecule has 1 aliphatic carbocycles. The summed E-state index contributed by atoms with van der Waals surface area (Å²) >= 11 is 0. The largest absolute Gasteiger partial charge is 0.312 e. The highest BCUT2D eigenvalue weighted by Gasteiger charge is 2.21. The third-order valence-corrected chi connectivity index (χ3v) is 5.01. The summed E-state index contributed by atoms with van der Waals surface area (Å²) in [5.74, 6) is 1.28. The van der Waals surface area contributed by atoms with E-state index >= 15 is 0 Å². The van der Waals surface area contributed by atoms with Crippen molar-refractivity contribution in [1.82, 2.24) is 5.32 Å². The van der Waals surface area contributed by atoms with Crippen LogP contribution in [0.3, 0.4) is 0 Å². The van der Waals surface area contributed by atoms with E-state index in [1.54, 1.807) is 0 Å². The lowest BCUT2D eigenvalue weighted by molar-refractivity contribution is 0.419. The Morgan fingerprint density at radius 1 is 0.905 bits per heavy atom. The van der Waals surface area contributed by atoms with Gasteiger partial charge in [-0.05, 0) is 42.5 Å². The minimum absolute atomic E-state index is 0.364. The molecule has 1 nitrogen and oxygen atoms in total. The van der Waals surface area contributed by atoms with Crippen LogP contribution in [0.25, 0.3) is 0 Å². The molecule has 0 aromatic heterocycles. The van der Waals surface area contributed by atoms with Crippen molar-refractivity contribution in [2.45, 2.75) is 44.1 Å². The first-order valence-electron chi connectivity index (χ1n) is 8.11. The fraction of sp³-hybridized carbons (Fsp3) is 0.400. The first-order valence-corrected chi connectivity index (χ1v) is 8.11. The molecule has 1 aliphatic rings. The lowest BCUT2D eigenvalue weighted by Crippen LogP contribution is -2.22. The van der Waals surface area contributed by atoms with Crippen LogP contribution in [0.5, 0.6) is 0 Å². The van der Waals surface area contributed by atoms with E-state index in [0.717, 1.165) is 5.92 Å². The second-order valence-electron chi connectivity index (χ2n) is 6.26. The Hall–Kier alpha value is -1.60. The van der Waals surface area contributed by atoms with Crippen LogP contribution in [0.4, 0.5) is 0 Å². The van der Waals surface area contributed by atoms with Gasteiger partial charge in [-0.3, -0.25) is 0 Å². The topological polar surface area (TPSA) is 12.0 Å². The van der Waals surface area contributed by atoms with E-state index in [1.807, 2.05) is 0 Å². The van der Waals surface area contributed by atoms with Crippen LogP contribution in [-0.4, -0.2) is 7.05 Å². The Morgan fingerprint density at radius 3 is 2.10 bits per heavy atom. The predicted octanol–water partition coefficient (Wildman–Crippen LogP) is 5.02. The summed E-state index contributed by atoms with van der Waals surface area (Å²) in [4.78, 5) is 0. The number of hydrogen-bond donors (Lipinski definition) is 1. The fourth-order valence-corrected chi connectivity index (χ4v) is 3.37. The van der Waals surface area contributed by atoms with Crippen LogP contribution in [0.1, 0.15) is 60.8 Å². The maximum atomic E-state index is 3.49. The zero-order valence-corrected chi connectivity index (χ0v) is 13.0. The lowest BCUT2D eigenvalue weighted by Gasteiger charge is -2.28. The van der Waals surface area contributed by atoms with E-state index in [-0.39, 0.29) is 0 Å². The molecule has 0 amide bonds. The monoisotopic (exact) mass is 279 g/mol. The number of rotatable bonds is 5. The molecule has 0 aliphatic heterocycles. The van der Waals surface area contributed by atoms with E-state index in [1.165, 1.54) is 36.0 Å². The van der Waals surface area contributed by atoms with E-state index in [2.05, 4.69) is 73.9 Å². The second kappa shape index (κ2) is 6.44. The van der Waals surface area contributed by atoms with Gasteiger partial charge in [0.1, 0.15) is 0 Å². The molecule has 2 unspecified atom stereocenters. The van der Waals surface area contributed by atoms with Gasteiger partial charge in [0.2, 0.25) is 0 Å². The van der Waals surface area contributed by atoms with Gasteiger partial charge in [0.05, 0.1) is 0 Å². The number of likely N-dealkylation sites (N-methyl/N-ethyl adjacent to an activating group) is 1. The molecular weight excluding hydrogens is 254 g/mol. The molecule has 0 heterocycles. The molecule has 110 valence electrons. The lowest BCUT2D eigenvalue weighted by atomic mass is 9.79. The van der Waals surface area contributed by atoms with Crippen molar-refractivity contribution >= 4 is 0 Å². The standard InChI is InChI=1S/C20H25N/c1-15(16-7-4-3-5-8-16)20(21-2)19-13-11-18(12-14-19)17-9-6-10-17/h3-5,7-8,11-15,17,20-21H,6,9-10H2,1-2H3. The number of benzene rings is 2. The van der Waals surface area contributed by atoms with Crippen molar-refractivity contribution in [3.8, 4) is 0 Å². The van der Waals surface area contributed by atoms with Crippen LogP contribution in [0.2, 0.25) is 0 Å². The van der Waals surface area contributed by atoms with Gasteiger partial charge in [-0.2, -0.15) is 0 Å². The highest BCUT2D eigenvalue weighted by Crippen LogP contribution is 2.37. The van der Waals surface area contributed by atoms with Gasteiger partial charge in [0.25, 0.3) is 0 Å². The average molecular weight is 279 g/mol. The Balaban J connectivity index is 1.79. The molecule has 1 saturated carbocycles. The zero-order chi connectivity index (χ0) is 14.7. The summed E-state index contributed by atoms with van der Waals surface area (Å²) in [5.41, 5.74) is 4.30. The second-order valence-corrected chi connectivity index (χ2v) is 6.26. The summed E-state index contributed by atoms with van der Waals surface area (Å²) in [6.07, 6.45) is 4.14. The zero-order valence-electron chi connectivity index (χ0n) is 13.0. The molecule has 0 saturated heterocycles. The Morgan fingerprint density at radius 2 is 1.57 bits per heavy atom. The molecule has 2 aromatic carbocycles. The molecule has 21 heavy (non-hydrogen) atoms. The van der Waals surface area contributed by atoms with Crippen LogP contribution >= 0.6 is 0 Å². The van der Waals surface area contributed by atoms with E-state index < -0.39 is 0 Å². The minimum atomic E-state index is 0.364. The third-order valence-electron chi connectivity index (χ3n) is 5.01. The molecule has 3 rings (SSSR count). The molecule has 0 bridgehead atoms. The smallest absolute Gasteiger partial charge is 0.0384 e. The SMILES string of the molecule is CNC(c1ccc(C2CCC2)cc1)C(C)c1ccccc1. The summed E-state index contributed by atoms with van der Waals surface area (Å²) < 4.78 is 0. The van der Waals surface area contributed by atoms with Crippen molar-refractivity contribution in [1.29, 1.82) is 0 Å². The molecule has 2 aromatic rings. The molecule has 1 N–H and O–H groups in total. The van der Waals surface area contributed by atoms with Crippen molar-refractivity contribution in [2.24, 2.45) is 0 Å².